The Balaban J connectivity index is 1.64. The van der Waals surface area contributed by atoms with Crippen LogP contribution in [0.2, 0.25) is 0 Å². The third-order valence-electron chi connectivity index (χ3n) is 4.76. The van der Waals surface area contributed by atoms with Gasteiger partial charge in [0.25, 0.3) is 0 Å². The third-order valence-corrected chi connectivity index (χ3v) is 4.76. The largest absolute Gasteiger partial charge is 0.341 e. The highest BCUT2D eigenvalue weighted by molar-refractivity contribution is 5.89. The minimum atomic E-state index is -0.129. The zero-order valence-electron chi connectivity index (χ0n) is 13.7. The van der Waals surface area contributed by atoms with E-state index in [9.17, 15) is 9.59 Å². The molecule has 1 atom stereocenters. The lowest BCUT2D eigenvalue weighted by Crippen LogP contribution is -2.51. The Bertz CT molecular complexity index is 650. The molecule has 3 rings (SSSR count). The molecule has 2 aliphatic heterocycles. The van der Waals surface area contributed by atoms with Gasteiger partial charge in [0.15, 0.2) is 0 Å². The molecular weight excluding hydrogens is 304 g/mol. The molecule has 2 aliphatic rings. The Morgan fingerprint density at radius 3 is 2.67 bits per heavy atom. The Kier molecular flexibility index (Phi) is 4.99. The molecule has 2 fully saturated rings. The molecule has 2 saturated heterocycles. The lowest BCUT2D eigenvalue weighted by atomic mass is 10.0. The zero-order chi connectivity index (χ0) is 16.9. The molecule has 1 aromatic carbocycles. The van der Waals surface area contributed by atoms with Gasteiger partial charge in [-0.2, -0.15) is 5.26 Å². The van der Waals surface area contributed by atoms with Gasteiger partial charge in [0.2, 0.25) is 5.91 Å². The Morgan fingerprint density at radius 1 is 1.21 bits per heavy atom. The van der Waals surface area contributed by atoms with E-state index < -0.39 is 0 Å². The lowest BCUT2D eigenvalue weighted by Gasteiger charge is -2.37. The minimum absolute atomic E-state index is 0.0826. The Hall–Kier alpha value is -2.55. The summed E-state index contributed by atoms with van der Waals surface area (Å²) in [5.41, 5.74) is 1.25. The summed E-state index contributed by atoms with van der Waals surface area (Å²) in [5, 5.41) is 11.7. The zero-order valence-corrected chi connectivity index (χ0v) is 13.7. The van der Waals surface area contributed by atoms with Crippen LogP contribution in [0.4, 0.5) is 10.5 Å². The van der Waals surface area contributed by atoms with E-state index in [1.54, 1.807) is 24.3 Å². The fourth-order valence-corrected chi connectivity index (χ4v) is 3.43. The second-order valence-electron chi connectivity index (χ2n) is 6.41. The third kappa shape index (κ3) is 3.67. The van der Waals surface area contributed by atoms with Crippen LogP contribution in [-0.2, 0) is 4.79 Å². The van der Waals surface area contributed by atoms with Crippen molar-refractivity contribution < 1.29 is 9.59 Å². The first-order valence-electron chi connectivity index (χ1n) is 8.53. The molecule has 3 amide bonds. The molecule has 6 nitrogen and oxygen atoms in total. The van der Waals surface area contributed by atoms with Crippen LogP contribution in [0.3, 0.4) is 0 Å². The fraction of sp³-hybridized carbons (Fsp3) is 0.500. The van der Waals surface area contributed by atoms with Gasteiger partial charge < -0.3 is 15.1 Å². The van der Waals surface area contributed by atoms with Crippen molar-refractivity contribution >= 4 is 17.6 Å². The van der Waals surface area contributed by atoms with Crippen LogP contribution < -0.4 is 5.32 Å². The fourth-order valence-electron chi connectivity index (χ4n) is 3.43. The van der Waals surface area contributed by atoms with Gasteiger partial charge in [-0.3, -0.25) is 4.79 Å². The average molecular weight is 326 g/mol. The number of carbonyl (C=O) groups excluding carboxylic acids is 2. The van der Waals surface area contributed by atoms with Crippen molar-refractivity contribution in [3.63, 3.8) is 0 Å². The van der Waals surface area contributed by atoms with Gasteiger partial charge >= 0.3 is 6.03 Å². The van der Waals surface area contributed by atoms with Crippen molar-refractivity contribution in [1.82, 2.24) is 9.80 Å². The number of benzene rings is 1. The van der Waals surface area contributed by atoms with Crippen LogP contribution in [0.15, 0.2) is 24.3 Å². The minimum Gasteiger partial charge on any atom is -0.341 e. The molecule has 0 aliphatic carbocycles. The first-order chi connectivity index (χ1) is 11.7. The molecule has 1 N–H and O–H groups in total. The van der Waals surface area contributed by atoms with E-state index in [2.05, 4.69) is 11.4 Å². The summed E-state index contributed by atoms with van der Waals surface area (Å²) in [6.07, 6.45) is 4.57. The topological polar surface area (TPSA) is 76.4 Å². The number of nitriles is 1. The van der Waals surface area contributed by atoms with Crippen LogP contribution in [0, 0.1) is 11.3 Å². The smallest absolute Gasteiger partial charge is 0.322 e. The molecule has 0 saturated carbocycles. The van der Waals surface area contributed by atoms with Crippen LogP contribution in [0.1, 0.15) is 37.7 Å². The summed E-state index contributed by atoms with van der Waals surface area (Å²) >= 11 is 0. The van der Waals surface area contributed by atoms with E-state index in [1.165, 1.54) is 0 Å². The van der Waals surface area contributed by atoms with E-state index in [1.807, 2.05) is 9.80 Å². The van der Waals surface area contributed by atoms with Crippen LogP contribution in [0.5, 0.6) is 0 Å². The van der Waals surface area contributed by atoms with Crippen molar-refractivity contribution in [2.45, 2.75) is 38.1 Å². The molecule has 2 heterocycles. The second kappa shape index (κ2) is 7.35. The number of amides is 3. The van der Waals surface area contributed by atoms with Gasteiger partial charge in [-0.1, -0.05) is 0 Å². The summed E-state index contributed by atoms with van der Waals surface area (Å²) in [7, 11) is 0. The van der Waals surface area contributed by atoms with Gasteiger partial charge in [0.05, 0.1) is 17.7 Å². The van der Waals surface area contributed by atoms with Gasteiger partial charge in [-0.15, -0.1) is 0 Å². The maximum Gasteiger partial charge on any atom is 0.322 e. The summed E-state index contributed by atoms with van der Waals surface area (Å²) in [5.74, 6) is 0.202. The number of rotatable bonds is 3. The summed E-state index contributed by atoms with van der Waals surface area (Å²) in [4.78, 5) is 28.2. The van der Waals surface area contributed by atoms with Crippen molar-refractivity contribution in [2.75, 3.05) is 25.0 Å². The van der Waals surface area contributed by atoms with E-state index in [-0.39, 0.29) is 18.0 Å². The average Bonchev–Trinajstić information content (AvgIpc) is 3.01. The highest BCUT2D eigenvalue weighted by Crippen LogP contribution is 2.22. The van der Waals surface area contributed by atoms with E-state index >= 15 is 0 Å². The number of nitrogens with zero attached hydrogens (tertiary/aromatic N) is 3. The predicted molar refractivity (Wildman–Crippen MR) is 90.3 cm³/mol. The highest BCUT2D eigenvalue weighted by Gasteiger charge is 2.31. The molecule has 24 heavy (non-hydrogen) atoms. The first kappa shape index (κ1) is 16.3. The number of anilines is 1. The van der Waals surface area contributed by atoms with Crippen molar-refractivity contribution in [3.8, 4) is 6.07 Å². The van der Waals surface area contributed by atoms with Gasteiger partial charge in [-0.25, -0.2) is 4.79 Å². The van der Waals surface area contributed by atoms with Crippen molar-refractivity contribution in [2.24, 2.45) is 0 Å². The van der Waals surface area contributed by atoms with Gasteiger partial charge in [0, 0.05) is 31.7 Å². The number of likely N-dealkylation sites (tertiary alicyclic amines) is 2. The normalized spacial score (nSPS) is 20.8. The van der Waals surface area contributed by atoms with Crippen LogP contribution >= 0.6 is 0 Å². The van der Waals surface area contributed by atoms with Gasteiger partial charge in [0.1, 0.15) is 0 Å². The van der Waals surface area contributed by atoms with E-state index in [4.69, 9.17) is 5.26 Å². The number of hydrogen-bond acceptors (Lipinski definition) is 3. The molecule has 0 aromatic heterocycles. The molecule has 6 heteroatoms. The van der Waals surface area contributed by atoms with Crippen LogP contribution in [-0.4, -0.2) is 47.4 Å². The molecule has 1 unspecified atom stereocenters. The molecule has 0 bridgehead atoms. The van der Waals surface area contributed by atoms with E-state index in [0.29, 0.717) is 24.2 Å². The summed E-state index contributed by atoms with van der Waals surface area (Å²) < 4.78 is 0. The number of piperidine rings is 1. The number of carbonyl (C=O) groups is 2. The summed E-state index contributed by atoms with van der Waals surface area (Å²) in [6, 6.07) is 8.86. The standard InChI is InChI=1S/C18H22N4O2/c19-12-14-6-8-15(9-7-14)20-18(24)22-11-2-1-4-16(22)13-21-10-3-5-17(21)23/h6-9,16H,1-5,10-11,13H2,(H,20,24). The number of nitrogens with one attached hydrogen (secondary N) is 1. The molecule has 0 spiro atoms. The predicted octanol–water partition coefficient (Wildman–Crippen LogP) is 2.57. The van der Waals surface area contributed by atoms with Gasteiger partial charge in [-0.05, 0) is 49.9 Å². The first-order valence-corrected chi connectivity index (χ1v) is 8.53. The number of urea groups is 1. The number of hydrogen-bond donors (Lipinski definition) is 1. The SMILES string of the molecule is N#Cc1ccc(NC(=O)N2CCCCC2CN2CCCC2=O)cc1. The van der Waals surface area contributed by atoms with Crippen molar-refractivity contribution in [1.29, 1.82) is 5.26 Å². The maximum atomic E-state index is 12.6. The monoisotopic (exact) mass is 326 g/mol. The second-order valence-corrected chi connectivity index (χ2v) is 6.41. The molecule has 1 aromatic rings. The lowest BCUT2D eigenvalue weighted by molar-refractivity contribution is -0.128. The summed E-state index contributed by atoms with van der Waals surface area (Å²) in [6.45, 7) is 2.16. The van der Waals surface area contributed by atoms with E-state index in [0.717, 1.165) is 38.8 Å². The molecular formula is C18H22N4O2. The highest BCUT2D eigenvalue weighted by atomic mass is 16.2. The molecule has 0 radical (unpaired) electrons. The van der Waals surface area contributed by atoms with Crippen LogP contribution in [0.25, 0.3) is 0 Å². The Morgan fingerprint density at radius 2 is 2.00 bits per heavy atom. The molecule has 126 valence electrons. The van der Waals surface area contributed by atoms with Crippen molar-refractivity contribution in [3.05, 3.63) is 29.8 Å². The quantitative estimate of drug-likeness (QED) is 0.927. The Labute approximate surface area is 142 Å². The maximum absolute atomic E-state index is 12.6.